The minimum atomic E-state index is -0.274. The van der Waals surface area contributed by atoms with Crippen molar-refractivity contribution in [3.05, 3.63) is 84.0 Å². The second-order valence-electron chi connectivity index (χ2n) is 7.46. The standard InChI is InChI=1S/C24H23FN4O/c1-17-27-15-22(19-5-7-21(25)8-6-19)24(28-17)20-3-2-14-29(16-20)23(30)9-4-18-10-12-26-13-11-18/h4-13,15,20H,2-3,14,16H2,1H3/b9-4+/t20-/m0/s1. The number of aromatic nitrogens is 3. The number of pyridine rings is 1. The van der Waals surface area contributed by atoms with Crippen molar-refractivity contribution in [2.45, 2.75) is 25.7 Å². The zero-order valence-corrected chi connectivity index (χ0v) is 16.8. The first-order valence-corrected chi connectivity index (χ1v) is 10.1. The van der Waals surface area contributed by atoms with E-state index in [4.69, 9.17) is 4.98 Å². The Morgan fingerprint density at radius 2 is 1.93 bits per heavy atom. The molecule has 1 aliphatic rings. The number of hydrogen-bond donors (Lipinski definition) is 0. The lowest BCUT2D eigenvalue weighted by Gasteiger charge is -2.32. The van der Waals surface area contributed by atoms with Gasteiger partial charge in [0.05, 0.1) is 5.69 Å². The highest BCUT2D eigenvalue weighted by molar-refractivity contribution is 5.91. The number of likely N-dealkylation sites (tertiary alicyclic amines) is 1. The van der Waals surface area contributed by atoms with Gasteiger partial charge < -0.3 is 4.90 Å². The number of aryl methyl sites for hydroxylation is 1. The molecule has 0 radical (unpaired) electrons. The molecule has 1 amide bonds. The number of halogens is 1. The van der Waals surface area contributed by atoms with Crippen LogP contribution in [-0.2, 0) is 4.79 Å². The van der Waals surface area contributed by atoms with Gasteiger partial charge in [0.2, 0.25) is 5.91 Å². The van der Waals surface area contributed by atoms with Crippen molar-refractivity contribution in [1.29, 1.82) is 0 Å². The maximum absolute atomic E-state index is 13.4. The van der Waals surface area contributed by atoms with E-state index in [1.807, 2.05) is 30.0 Å². The summed E-state index contributed by atoms with van der Waals surface area (Å²) in [5.41, 5.74) is 3.64. The van der Waals surface area contributed by atoms with E-state index in [-0.39, 0.29) is 17.6 Å². The molecular formula is C24H23FN4O. The van der Waals surface area contributed by atoms with Gasteiger partial charge >= 0.3 is 0 Å². The normalized spacial score (nSPS) is 16.7. The largest absolute Gasteiger partial charge is 0.338 e. The molecule has 30 heavy (non-hydrogen) atoms. The van der Waals surface area contributed by atoms with E-state index < -0.39 is 0 Å². The summed E-state index contributed by atoms with van der Waals surface area (Å²) in [6, 6.07) is 10.1. The number of benzene rings is 1. The number of piperidine rings is 1. The van der Waals surface area contributed by atoms with E-state index in [1.165, 1.54) is 12.1 Å². The molecule has 3 aromatic rings. The van der Waals surface area contributed by atoms with Gasteiger partial charge in [-0.05, 0) is 61.2 Å². The Hall–Kier alpha value is -3.41. The minimum Gasteiger partial charge on any atom is -0.338 e. The molecule has 0 bridgehead atoms. The average Bonchev–Trinajstić information content (AvgIpc) is 2.79. The molecule has 0 unspecified atom stereocenters. The smallest absolute Gasteiger partial charge is 0.246 e. The van der Waals surface area contributed by atoms with E-state index in [1.54, 1.807) is 36.8 Å². The van der Waals surface area contributed by atoms with Gasteiger partial charge in [0.25, 0.3) is 0 Å². The third-order valence-corrected chi connectivity index (χ3v) is 5.34. The van der Waals surface area contributed by atoms with Crippen LogP contribution in [0.25, 0.3) is 17.2 Å². The second kappa shape index (κ2) is 8.95. The predicted molar refractivity (Wildman–Crippen MR) is 114 cm³/mol. The molecule has 152 valence electrons. The summed E-state index contributed by atoms with van der Waals surface area (Å²) < 4.78 is 13.4. The molecule has 1 atom stereocenters. The number of amides is 1. The van der Waals surface area contributed by atoms with Crippen LogP contribution >= 0.6 is 0 Å². The zero-order valence-electron chi connectivity index (χ0n) is 16.8. The summed E-state index contributed by atoms with van der Waals surface area (Å²) in [6.07, 6.45) is 10.5. The van der Waals surface area contributed by atoms with Crippen molar-refractivity contribution in [1.82, 2.24) is 19.9 Å². The second-order valence-corrected chi connectivity index (χ2v) is 7.46. The fourth-order valence-corrected chi connectivity index (χ4v) is 3.80. The third kappa shape index (κ3) is 4.59. The Morgan fingerprint density at radius 1 is 1.17 bits per heavy atom. The topological polar surface area (TPSA) is 59.0 Å². The Kier molecular flexibility index (Phi) is 5.93. The van der Waals surface area contributed by atoms with Crippen LogP contribution in [0.5, 0.6) is 0 Å². The van der Waals surface area contributed by atoms with Crippen LogP contribution in [0.2, 0.25) is 0 Å². The van der Waals surface area contributed by atoms with Gasteiger partial charge in [0, 0.05) is 49.2 Å². The lowest BCUT2D eigenvalue weighted by atomic mass is 9.89. The van der Waals surface area contributed by atoms with Crippen LogP contribution in [0.15, 0.2) is 61.1 Å². The van der Waals surface area contributed by atoms with Gasteiger partial charge in [-0.1, -0.05) is 12.1 Å². The van der Waals surface area contributed by atoms with Crippen molar-refractivity contribution in [2.75, 3.05) is 13.1 Å². The van der Waals surface area contributed by atoms with Gasteiger partial charge in [-0.15, -0.1) is 0 Å². The Balaban J connectivity index is 1.56. The molecule has 3 heterocycles. The van der Waals surface area contributed by atoms with Gasteiger partial charge in [-0.2, -0.15) is 0 Å². The average molecular weight is 402 g/mol. The molecular weight excluding hydrogens is 379 g/mol. The van der Waals surface area contributed by atoms with Gasteiger partial charge in [0.15, 0.2) is 0 Å². The summed E-state index contributed by atoms with van der Waals surface area (Å²) in [7, 11) is 0. The molecule has 1 fully saturated rings. The summed E-state index contributed by atoms with van der Waals surface area (Å²) >= 11 is 0. The van der Waals surface area contributed by atoms with E-state index in [0.717, 1.165) is 41.8 Å². The Labute approximate surface area is 175 Å². The quantitative estimate of drug-likeness (QED) is 0.607. The number of hydrogen-bond acceptors (Lipinski definition) is 4. The van der Waals surface area contributed by atoms with E-state index in [9.17, 15) is 9.18 Å². The molecule has 0 N–H and O–H groups in total. The molecule has 5 nitrogen and oxygen atoms in total. The molecule has 2 aromatic heterocycles. The van der Waals surface area contributed by atoms with E-state index in [0.29, 0.717) is 12.4 Å². The summed E-state index contributed by atoms with van der Waals surface area (Å²) in [5.74, 6) is 0.519. The summed E-state index contributed by atoms with van der Waals surface area (Å²) in [6.45, 7) is 3.19. The van der Waals surface area contributed by atoms with Gasteiger partial charge in [-0.3, -0.25) is 9.78 Å². The SMILES string of the molecule is Cc1ncc(-c2ccc(F)cc2)c([C@H]2CCCN(C(=O)/C=C/c3ccncc3)C2)n1. The highest BCUT2D eigenvalue weighted by atomic mass is 19.1. The van der Waals surface area contributed by atoms with Crippen LogP contribution in [0.3, 0.4) is 0 Å². The van der Waals surface area contributed by atoms with Crippen LogP contribution < -0.4 is 0 Å². The van der Waals surface area contributed by atoms with Crippen LogP contribution in [0.4, 0.5) is 4.39 Å². The predicted octanol–water partition coefficient (Wildman–Crippen LogP) is 4.41. The molecule has 1 aromatic carbocycles. The zero-order chi connectivity index (χ0) is 20.9. The first-order valence-electron chi connectivity index (χ1n) is 10.1. The highest BCUT2D eigenvalue weighted by Gasteiger charge is 2.27. The molecule has 1 saturated heterocycles. The summed E-state index contributed by atoms with van der Waals surface area (Å²) in [4.78, 5) is 27.7. The first-order chi connectivity index (χ1) is 14.6. The highest BCUT2D eigenvalue weighted by Crippen LogP contribution is 2.33. The minimum absolute atomic E-state index is 0.00868. The van der Waals surface area contributed by atoms with Crippen LogP contribution in [0, 0.1) is 12.7 Å². The fraction of sp³-hybridized carbons (Fsp3) is 0.250. The lowest BCUT2D eigenvalue weighted by molar-refractivity contribution is -0.127. The number of carbonyl (C=O) groups excluding carboxylic acids is 1. The van der Waals surface area contributed by atoms with Crippen molar-refractivity contribution in [3.63, 3.8) is 0 Å². The molecule has 6 heteroatoms. The van der Waals surface area contributed by atoms with Crippen molar-refractivity contribution < 1.29 is 9.18 Å². The maximum atomic E-state index is 13.4. The van der Waals surface area contributed by atoms with Crippen molar-refractivity contribution in [2.24, 2.45) is 0 Å². The van der Waals surface area contributed by atoms with E-state index in [2.05, 4.69) is 9.97 Å². The van der Waals surface area contributed by atoms with Crippen LogP contribution in [-0.4, -0.2) is 38.8 Å². The Bertz CT molecular complexity index is 1050. The number of nitrogens with zero attached hydrogens (tertiary/aromatic N) is 4. The fourth-order valence-electron chi connectivity index (χ4n) is 3.80. The van der Waals surface area contributed by atoms with E-state index >= 15 is 0 Å². The number of carbonyl (C=O) groups is 1. The number of rotatable bonds is 4. The first kappa shape index (κ1) is 19.9. The monoisotopic (exact) mass is 402 g/mol. The van der Waals surface area contributed by atoms with Crippen LogP contribution in [0.1, 0.15) is 35.8 Å². The summed E-state index contributed by atoms with van der Waals surface area (Å²) in [5, 5.41) is 0. The van der Waals surface area contributed by atoms with Gasteiger partial charge in [0.1, 0.15) is 11.6 Å². The molecule has 0 spiro atoms. The van der Waals surface area contributed by atoms with Gasteiger partial charge in [-0.25, -0.2) is 14.4 Å². The lowest BCUT2D eigenvalue weighted by Crippen LogP contribution is -2.38. The molecule has 1 aliphatic heterocycles. The van der Waals surface area contributed by atoms with Crippen molar-refractivity contribution >= 4 is 12.0 Å². The molecule has 0 aliphatic carbocycles. The third-order valence-electron chi connectivity index (χ3n) is 5.34. The maximum Gasteiger partial charge on any atom is 0.246 e. The Morgan fingerprint density at radius 3 is 2.70 bits per heavy atom. The van der Waals surface area contributed by atoms with Crippen molar-refractivity contribution in [3.8, 4) is 11.1 Å². The molecule has 0 saturated carbocycles. The molecule has 4 rings (SSSR count).